The van der Waals surface area contributed by atoms with Crippen molar-refractivity contribution in [3.8, 4) is 34.9 Å². The van der Waals surface area contributed by atoms with Crippen LogP contribution in [0.15, 0.2) is 60.9 Å². The fourth-order valence-electron chi connectivity index (χ4n) is 3.08. The number of aryl methyl sites for hydroxylation is 2. The summed E-state index contributed by atoms with van der Waals surface area (Å²) in [5, 5.41) is 0. The van der Waals surface area contributed by atoms with Gasteiger partial charge in [0.2, 0.25) is 6.54 Å². The van der Waals surface area contributed by atoms with Gasteiger partial charge in [-0.2, -0.15) is 4.57 Å². The van der Waals surface area contributed by atoms with Crippen molar-refractivity contribution in [1.29, 1.82) is 0 Å². The van der Waals surface area contributed by atoms with Gasteiger partial charge in [-0.3, -0.25) is 0 Å². The minimum Gasteiger partial charge on any atom is -0.333 e. The van der Waals surface area contributed by atoms with E-state index in [1.54, 1.807) is 0 Å². The summed E-state index contributed by atoms with van der Waals surface area (Å²) in [6.07, 6.45) is 9.33. The number of imidazole rings is 1. The van der Waals surface area contributed by atoms with Gasteiger partial charge in [0, 0.05) is 11.6 Å². The molecule has 0 saturated heterocycles. The number of pyridine rings is 1. The van der Waals surface area contributed by atoms with E-state index in [1.165, 1.54) is 22.3 Å². The van der Waals surface area contributed by atoms with Crippen LogP contribution in [0.3, 0.4) is 0 Å². The summed E-state index contributed by atoms with van der Waals surface area (Å²) < 4.78 is 1.97. The van der Waals surface area contributed by atoms with Gasteiger partial charge in [-0.15, -0.1) is 6.42 Å². The lowest BCUT2D eigenvalue weighted by molar-refractivity contribution is -0.683. The maximum absolute atomic E-state index is 5.38. The summed E-state index contributed by atoms with van der Waals surface area (Å²) in [6, 6.07) is 17.1. The summed E-state index contributed by atoms with van der Waals surface area (Å²) in [5.41, 5.74) is 8.05. The Kier molecular flexibility index (Phi) is 4.02. The van der Waals surface area contributed by atoms with Crippen LogP contribution < -0.4 is 4.57 Å². The van der Waals surface area contributed by atoms with Gasteiger partial charge < -0.3 is 4.98 Å². The molecule has 0 aliphatic heterocycles. The van der Waals surface area contributed by atoms with Gasteiger partial charge in [0.25, 0.3) is 0 Å². The maximum Gasteiger partial charge on any atom is 0.208 e. The topological polar surface area (TPSA) is 32.6 Å². The number of hydrogen-bond acceptors (Lipinski definition) is 1. The summed E-state index contributed by atoms with van der Waals surface area (Å²) in [6.45, 7) is 4.83. The Balaban J connectivity index is 1.67. The minimum absolute atomic E-state index is 0.551. The zero-order chi connectivity index (χ0) is 18.1. The SMILES string of the molecule is C#CC[n+]1ccc2nc(-c3ccc(-c4ccc(C)c(C)c4)cc3)[nH]c2c1. The molecule has 2 aromatic carbocycles. The van der Waals surface area contributed by atoms with Crippen LogP contribution in [-0.2, 0) is 6.54 Å². The Morgan fingerprint density at radius 2 is 1.69 bits per heavy atom. The summed E-state index contributed by atoms with van der Waals surface area (Å²) in [4.78, 5) is 8.08. The highest BCUT2D eigenvalue weighted by Crippen LogP contribution is 2.26. The standard InChI is InChI=1S/C23H19N3/c1-4-12-26-13-11-21-22(15-26)25-23(24-21)19-9-7-18(8-10-19)20-6-5-16(2)17(3)14-20/h1,5-11,13-15H,12H2,2-3H3/p+1. The zero-order valence-corrected chi connectivity index (χ0v) is 15.0. The molecule has 2 heterocycles. The van der Waals surface area contributed by atoms with Gasteiger partial charge in [0.15, 0.2) is 12.4 Å². The lowest BCUT2D eigenvalue weighted by Crippen LogP contribution is -2.31. The highest BCUT2D eigenvalue weighted by molar-refractivity contribution is 5.78. The third kappa shape index (κ3) is 2.98. The van der Waals surface area contributed by atoms with E-state index in [0.717, 1.165) is 22.4 Å². The van der Waals surface area contributed by atoms with E-state index in [1.807, 2.05) is 23.0 Å². The van der Waals surface area contributed by atoms with Crippen molar-refractivity contribution in [2.24, 2.45) is 0 Å². The van der Waals surface area contributed by atoms with Crippen LogP contribution in [0, 0.1) is 26.2 Å². The molecule has 0 saturated carbocycles. The van der Waals surface area contributed by atoms with Gasteiger partial charge in [-0.05, 0) is 42.0 Å². The fourth-order valence-corrected chi connectivity index (χ4v) is 3.08. The Labute approximate surface area is 153 Å². The number of hydrogen-bond donors (Lipinski definition) is 1. The first-order valence-corrected chi connectivity index (χ1v) is 8.64. The predicted octanol–water partition coefficient (Wildman–Crippen LogP) is 4.43. The highest BCUT2D eigenvalue weighted by Gasteiger charge is 2.09. The maximum atomic E-state index is 5.38. The molecule has 0 aliphatic rings. The number of H-pyrrole nitrogens is 1. The second-order valence-electron chi connectivity index (χ2n) is 6.58. The van der Waals surface area contributed by atoms with Crippen molar-refractivity contribution >= 4 is 11.0 Å². The van der Waals surface area contributed by atoms with Crippen LogP contribution in [0.4, 0.5) is 0 Å². The Bertz CT molecular complexity index is 1130. The summed E-state index contributed by atoms with van der Waals surface area (Å²) >= 11 is 0. The van der Waals surface area contributed by atoms with Crippen molar-refractivity contribution in [1.82, 2.24) is 9.97 Å². The molecule has 2 aromatic heterocycles. The number of rotatable bonds is 3. The number of nitrogens with zero attached hydrogens (tertiary/aromatic N) is 2. The van der Waals surface area contributed by atoms with Crippen molar-refractivity contribution in [2.75, 3.05) is 0 Å². The quantitative estimate of drug-likeness (QED) is 0.435. The molecular formula is C23H20N3+. The summed E-state index contributed by atoms with van der Waals surface area (Å²) in [7, 11) is 0. The monoisotopic (exact) mass is 338 g/mol. The second-order valence-corrected chi connectivity index (χ2v) is 6.58. The van der Waals surface area contributed by atoms with Crippen molar-refractivity contribution in [2.45, 2.75) is 20.4 Å². The van der Waals surface area contributed by atoms with E-state index < -0.39 is 0 Å². The third-order valence-corrected chi connectivity index (χ3v) is 4.75. The van der Waals surface area contributed by atoms with Gasteiger partial charge in [0.1, 0.15) is 16.9 Å². The molecule has 0 amide bonds. The molecule has 3 nitrogen and oxygen atoms in total. The largest absolute Gasteiger partial charge is 0.333 e. The molecule has 126 valence electrons. The zero-order valence-electron chi connectivity index (χ0n) is 15.0. The van der Waals surface area contributed by atoms with E-state index in [2.05, 4.69) is 67.2 Å². The molecule has 4 aromatic rings. The first-order chi connectivity index (χ1) is 12.6. The van der Waals surface area contributed by atoms with Gasteiger partial charge in [0.05, 0.1) is 0 Å². The molecule has 0 bridgehead atoms. The molecular weight excluding hydrogens is 318 g/mol. The molecule has 4 rings (SSSR count). The molecule has 26 heavy (non-hydrogen) atoms. The van der Waals surface area contributed by atoms with Gasteiger partial charge >= 0.3 is 0 Å². The number of benzene rings is 2. The number of aromatic nitrogens is 3. The minimum atomic E-state index is 0.551. The molecule has 3 heteroatoms. The Morgan fingerprint density at radius 1 is 0.962 bits per heavy atom. The third-order valence-electron chi connectivity index (χ3n) is 4.75. The number of terminal acetylenes is 1. The first kappa shape index (κ1) is 16.1. The molecule has 0 unspecified atom stereocenters. The van der Waals surface area contributed by atoms with Crippen LogP contribution in [0.2, 0.25) is 0 Å². The predicted molar refractivity (Wildman–Crippen MR) is 105 cm³/mol. The molecule has 1 N–H and O–H groups in total. The molecule has 0 aliphatic carbocycles. The average Bonchev–Trinajstić information content (AvgIpc) is 3.08. The molecule has 0 atom stereocenters. The van der Waals surface area contributed by atoms with Crippen LogP contribution >= 0.6 is 0 Å². The van der Waals surface area contributed by atoms with E-state index in [-0.39, 0.29) is 0 Å². The fraction of sp³-hybridized carbons (Fsp3) is 0.130. The van der Waals surface area contributed by atoms with Crippen LogP contribution in [-0.4, -0.2) is 9.97 Å². The van der Waals surface area contributed by atoms with E-state index >= 15 is 0 Å². The van der Waals surface area contributed by atoms with E-state index in [4.69, 9.17) is 11.4 Å². The molecule has 0 radical (unpaired) electrons. The van der Waals surface area contributed by atoms with Crippen molar-refractivity contribution in [3.63, 3.8) is 0 Å². The Morgan fingerprint density at radius 3 is 2.42 bits per heavy atom. The van der Waals surface area contributed by atoms with Crippen molar-refractivity contribution < 1.29 is 4.57 Å². The lowest BCUT2D eigenvalue weighted by atomic mass is 9.99. The molecule has 0 fully saturated rings. The van der Waals surface area contributed by atoms with E-state index in [0.29, 0.717) is 6.54 Å². The molecule has 0 spiro atoms. The first-order valence-electron chi connectivity index (χ1n) is 8.64. The van der Waals surface area contributed by atoms with Crippen LogP contribution in [0.25, 0.3) is 33.5 Å². The van der Waals surface area contributed by atoms with Crippen LogP contribution in [0.5, 0.6) is 0 Å². The number of aromatic amines is 1. The Hall–Kier alpha value is -3.38. The smallest absolute Gasteiger partial charge is 0.208 e. The van der Waals surface area contributed by atoms with Crippen molar-refractivity contribution in [3.05, 3.63) is 72.1 Å². The number of fused-ring (bicyclic) bond motifs is 1. The van der Waals surface area contributed by atoms with Gasteiger partial charge in [-0.25, -0.2) is 4.98 Å². The highest BCUT2D eigenvalue weighted by atomic mass is 15.0. The van der Waals surface area contributed by atoms with Gasteiger partial charge in [-0.1, -0.05) is 42.5 Å². The lowest BCUT2D eigenvalue weighted by Gasteiger charge is -2.06. The number of nitrogens with one attached hydrogen (secondary N) is 1. The van der Waals surface area contributed by atoms with E-state index in [9.17, 15) is 0 Å². The van der Waals surface area contributed by atoms with Crippen LogP contribution in [0.1, 0.15) is 11.1 Å². The summed E-state index contributed by atoms with van der Waals surface area (Å²) in [5.74, 6) is 3.51. The average molecular weight is 338 g/mol. The second kappa shape index (κ2) is 6.50. The normalized spacial score (nSPS) is 10.8.